The fourth-order valence-electron chi connectivity index (χ4n) is 5.10. The van der Waals surface area contributed by atoms with Crippen LogP contribution in [0.3, 0.4) is 0 Å². The third-order valence-electron chi connectivity index (χ3n) is 6.44. The van der Waals surface area contributed by atoms with Gasteiger partial charge in [0, 0.05) is 31.3 Å². The zero-order valence-corrected chi connectivity index (χ0v) is 13.1. The minimum atomic E-state index is 0.391. The second-order valence-corrected chi connectivity index (χ2v) is 7.70. The normalized spacial score (nSPS) is 43.1. The molecule has 4 rings (SSSR count). The van der Waals surface area contributed by atoms with Gasteiger partial charge in [0.1, 0.15) is 0 Å². The summed E-state index contributed by atoms with van der Waals surface area (Å²) in [4.78, 5) is 14.8. The van der Waals surface area contributed by atoms with E-state index in [0.717, 1.165) is 32.6 Å². The Morgan fingerprint density at radius 1 is 1.24 bits per heavy atom. The molecule has 4 nitrogen and oxygen atoms in total. The van der Waals surface area contributed by atoms with Crippen molar-refractivity contribution in [2.45, 2.75) is 51.2 Å². The van der Waals surface area contributed by atoms with Crippen LogP contribution in [0.15, 0.2) is 0 Å². The number of likely N-dealkylation sites (tertiary alicyclic amines) is 1. The SMILES string of the molecule is CC(CC(=O)N1CC2C3CCC(O3)C2C1)C1CCCNC1. The van der Waals surface area contributed by atoms with Crippen LogP contribution >= 0.6 is 0 Å². The van der Waals surface area contributed by atoms with Gasteiger partial charge in [-0.15, -0.1) is 0 Å². The van der Waals surface area contributed by atoms with Gasteiger partial charge in [-0.2, -0.15) is 0 Å². The van der Waals surface area contributed by atoms with Gasteiger partial charge < -0.3 is 15.0 Å². The van der Waals surface area contributed by atoms with Crippen LogP contribution in [0.4, 0.5) is 0 Å². The first kappa shape index (κ1) is 14.0. The van der Waals surface area contributed by atoms with Crippen LogP contribution in [0.25, 0.3) is 0 Å². The standard InChI is InChI=1S/C17H28N2O2/c1-11(12-3-2-6-18-8-12)7-17(20)19-9-13-14(10-19)16-5-4-15(13)21-16/h11-16,18H,2-10H2,1H3. The number of carbonyl (C=O) groups excluding carboxylic acids is 1. The van der Waals surface area contributed by atoms with Crippen LogP contribution in [0.1, 0.15) is 39.0 Å². The molecule has 1 N–H and O–H groups in total. The van der Waals surface area contributed by atoms with Crippen LogP contribution in [-0.4, -0.2) is 49.2 Å². The van der Waals surface area contributed by atoms with Crippen molar-refractivity contribution in [1.82, 2.24) is 10.2 Å². The molecule has 0 radical (unpaired) electrons. The van der Waals surface area contributed by atoms with Gasteiger partial charge in [-0.25, -0.2) is 0 Å². The van der Waals surface area contributed by atoms with Crippen molar-refractivity contribution >= 4 is 5.91 Å². The quantitative estimate of drug-likeness (QED) is 0.860. The minimum Gasteiger partial charge on any atom is -0.374 e. The molecule has 0 aromatic rings. The zero-order valence-electron chi connectivity index (χ0n) is 13.1. The smallest absolute Gasteiger partial charge is 0.222 e. The predicted molar refractivity (Wildman–Crippen MR) is 80.8 cm³/mol. The lowest BCUT2D eigenvalue weighted by molar-refractivity contribution is -0.132. The maximum atomic E-state index is 12.6. The van der Waals surface area contributed by atoms with E-state index < -0.39 is 0 Å². The maximum Gasteiger partial charge on any atom is 0.222 e. The number of piperidine rings is 1. The first-order valence-corrected chi connectivity index (χ1v) is 8.86. The van der Waals surface area contributed by atoms with Gasteiger partial charge in [-0.05, 0) is 50.6 Å². The Hall–Kier alpha value is -0.610. The fraction of sp³-hybridized carbons (Fsp3) is 0.941. The van der Waals surface area contributed by atoms with Crippen molar-refractivity contribution in [3.05, 3.63) is 0 Å². The van der Waals surface area contributed by atoms with Crippen molar-refractivity contribution in [3.63, 3.8) is 0 Å². The highest BCUT2D eigenvalue weighted by atomic mass is 16.5. The molecule has 0 saturated carbocycles. The molecule has 4 heteroatoms. The average Bonchev–Trinajstić information content (AvgIpc) is 3.20. The highest BCUT2D eigenvalue weighted by Crippen LogP contribution is 2.47. The van der Waals surface area contributed by atoms with Crippen LogP contribution in [-0.2, 0) is 9.53 Å². The molecule has 6 atom stereocenters. The van der Waals surface area contributed by atoms with Crippen LogP contribution < -0.4 is 5.32 Å². The molecule has 4 fully saturated rings. The van der Waals surface area contributed by atoms with E-state index in [4.69, 9.17) is 4.74 Å². The number of hydrogen-bond acceptors (Lipinski definition) is 3. The highest BCUT2D eigenvalue weighted by molar-refractivity contribution is 5.76. The Balaban J connectivity index is 1.32. The minimum absolute atomic E-state index is 0.391. The number of nitrogens with zero attached hydrogens (tertiary/aromatic N) is 1. The number of fused-ring (bicyclic) bond motifs is 5. The molecule has 0 spiro atoms. The molecule has 4 aliphatic rings. The molecule has 2 bridgehead atoms. The fourth-order valence-corrected chi connectivity index (χ4v) is 5.10. The summed E-state index contributed by atoms with van der Waals surface area (Å²) in [7, 11) is 0. The zero-order chi connectivity index (χ0) is 14.4. The summed E-state index contributed by atoms with van der Waals surface area (Å²) in [6.07, 6.45) is 6.64. The number of ether oxygens (including phenoxy) is 1. The third kappa shape index (κ3) is 2.50. The number of hydrogen-bond donors (Lipinski definition) is 1. The lowest BCUT2D eigenvalue weighted by atomic mass is 9.82. The molecule has 21 heavy (non-hydrogen) atoms. The van der Waals surface area contributed by atoms with Gasteiger partial charge in [0.25, 0.3) is 0 Å². The Labute approximate surface area is 127 Å². The van der Waals surface area contributed by atoms with E-state index in [1.807, 2.05) is 0 Å². The summed E-state index contributed by atoms with van der Waals surface area (Å²) < 4.78 is 6.00. The van der Waals surface area contributed by atoms with Gasteiger partial charge in [-0.1, -0.05) is 6.92 Å². The lowest BCUT2D eigenvalue weighted by Crippen LogP contribution is -2.37. The van der Waals surface area contributed by atoms with Crippen LogP contribution in [0.5, 0.6) is 0 Å². The Morgan fingerprint density at radius 3 is 2.57 bits per heavy atom. The first-order valence-electron chi connectivity index (χ1n) is 8.86. The van der Waals surface area contributed by atoms with E-state index in [0.29, 0.717) is 41.8 Å². The summed E-state index contributed by atoms with van der Waals surface area (Å²) in [5, 5.41) is 3.47. The number of amides is 1. The summed E-state index contributed by atoms with van der Waals surface area (Å²) in [5.41, 5.74) is 0. The molecule has 0 aromatic heterocycles. The van der Waals surface area contributed by atoms with Gasteiger partial charge in [0.05, 0.1) is 12.2 Å². The molecule has 0 aromatic carbocycles. The van der Waals surface area contributed by atoms with Gasteiger partial charge in [-0.3, -0.25) is 4.79 Å². The van der Waals surface area contributed by atoms with E-state index in [1.54, 1.807) is 0 Å². The Kier molecular flexibility index (Phi) is 3.70. The number of nitrogens with one attached hydrogen (secondary N) is 1. The predicted octanol–water partition coefficient (Wildman–Crippen LogP) is 1.65. The molecule has 118 valence electrons. The van der Waals surface area contributed by atoms with Crippen molar-refractivity contribution in [2.24, 2.45) is 23.7 Å². The van der Waals surface area contributed by atoms with E-state index in [-0.39, 0.29) is 0 Å². The van der Waals surface area contributed by atoms with Crippen LogP contribution in [0, 0.1) is 23.7 Å². The molecule has 4 saturated heterocycles. The molecule has 4 aliphatic heterocycles. The van der Waals surface area contributed by atoms with Crippen molar-refractivity contribution in [2.75, 3.05) is 26.2 Å². The average molecular weight is 292 g/mol. The van der Waals surface area contributed by atoms with E-state index >= 15 is 0 Å². The van der Waals surface area contributed by atoms with Gasteiger partial charge in [0.2, 0.25) is 5.91 Å². The maximum absolute atomic E-state index is 12.6. The second kappa shape index (κ2) is 5.54. The van der Waals surface area contributed by atoms with E-state index in [1.165, 1.54) is 25.7 Å². The van der Waals surface area contributed by atoms with Crippen molar-refractivity contribution < 1.29 is 9.53 Å². The molecule has 1 amide bonds. The van der Waals surface area contributed by atoms with E-state index in [2.05, 4.69) is 17.1 Å². The number of carbonyl (C=O) groups is 1. The Morgan fingerprint density at radius 2 is 1.95 bits per heavy atom. The van der Waals surface area contributed by atoms with Crippen LogP contribution in [0.2, 0.25) is 0 Å². The van der Waals surface area contributed by atoms with Crippen molar-refractivity contribution in [3.8, 4) is 0 Å². The monoisotopic (exact) mass is 292 g/mol. The third-order valence-corrected chi connectivity index (χ3v) is 6.44. The van der Waals surface area contributed by atoms with E-state index in [9.17, 15) is 4.79 Å². The summed E-state index contributed by atoms with van der Waals surface area (Å²) >= 11 is 0. The number of rotatable bonds is 3. The van der Waals surface area contributed by atoms with Gasteiger partial charge in [0.15, 0.2) is 0 Å². The summed E-state index contributed by atoms with van der Waals surface area (Å²) in [6.45, 7) is 6.42. The largest absolute Gasteiger partial charge is 0.374 e. The van der Waals surface area contributed by atoms with Gasteiger partial charge >= 0.3 is 0 Å². The molecule has 4 heterocycles. The highest BCUT2D eigenvalue weighted by Gasteiger charge is 2.53. The second-order valence-electron chi connectivity index (χ2n) is 7.70. The summed E-state index contributed by atoms with van der Waals surface area (Å²) in [6, 6.07) is 0. The lowest BCUT2D eigenvalue weighted by Gasteiger charge is -2.29. The van der Waals surface area contributed by atoms with Crippen molar-refractivity contribution in [1.29, 1.82) is 0 Å². The molecule has 6 unspecified atom stereocenters. The Bertz CT molecular complexity index is 390. The molecular formula is C17H28N2O2. The first-order chi connectivity index (χ1) is 10.2. The molecule has 0 aliphatic carbocycles. The summed E-state index contributed by atoms with van der Waals surface area (Å²) in [5.74, 6) is 2.86. The topological polar surface area (TPSA) is 41.6 Å². The molecular weight excluding hydrogens is 264 g/mol.